The molecule has 2 atom stereocenters. The Labute approximate surface area is 150 Å². The summed E-state index contributed by atoms with van der Waals surface area (Å²) < 4.78 is 32.2. The molecule has 0 aliphatic heterocycles. The van der Waals surface area contributed by atoms with Crippen LogP contribution in [0.15, 0.2) is 6.08 Å². The van der Waals surface area contributed by atoms with Crippen molar-refractivity contribution in [2.45, 2.75) is 39.8 Å². The topological polar surface area (TPSA) is 26.0 Å². The monoisotopic (exact) mass is 535 g/mol. The maximum absolute atomic E-state index is 10.7. The van der Waals surface area contributed by atoms with Gasteiger partial charge >= 0.3 is 31.1 Å². The van der Waals surface area contributed by atoms with E-state index in [9.17, 15) is 13.2 Å². The number of hydrogen-bond acceptors (Lipinski definition) is 2. The quantitative estimate of drug-likeness (QED) is 0.487. The summed E-state index contributed by atoms with van der Waals surface area (Å²) in [6.07, 6.45) is 6.01. The van der Waals surface area contributed by atoms with Crippen molar-refractivity contribution in [1.82, 2.24) is 0 Å². The minimum absolute atomic E-state index is 0. The SMILES string of the molecule is CC=[C-]C(CCCN)[C@@H](C)CSC.C[CH-]C(F)(F)F.[U+2]. The van der Waals surface area contributed by atoms with Crippen LogP contribution in [0.25, 0.3) is 0 Å². The molecule has 0 heterocycles. The predicted molar refractivity (Wildman–Crippen MR) is 78.8 cm³/mol. The van der Waals surface area contributed by atoms with Gasteiger partial charge in [0.1, 0.15) is 0 Å². The number of thioether (sulfide) groups is 1. The van der Waals surface area contributed by atoms with E-state index in [4.69, 9.17) is 5.73 Å². The van der Waals surface area contributed by atoms with Gasteiger partial charge in [-0.15, -0.1) is 0 Å². The van der Waals surface area contributed by atoms with Crippen LogP contribution in [0.4, 0.5) is 13.2 Å². The predicted octanol–water partition coefficient (Wildman–Crippen LogP) is 4.49. The third kappa shape index (κ3) is 18.9. The molecule has 0 aliphatic rings. The van der Waals surface area contributed by atoms with Crippen molar-refractivity contribution in [2.75, 3.05) is 18.6 Å². The molecular weight excluding hydrogens is 509 g/mol. The van der Waals surface area contributed by atoms with Crippen LogP contribution in [0.5, 0.6) is 0 Å². The zero-order valence-electron chi connectivity index (χ0n) is 12.8. The number of rotatable bonds is 7. The van der Waals surface area contributed by atoms with Gasteiger partial charge in [0, 0.05) is 0 Å². The summed E-state index contributed by atoms with van der Waals surface area (Å²) in [6, 6.07) is 0. The number of halogens is 3. The molecule has 20 heavy (non-hydrogen) atoms. The van der Waals surface area contributed by atoms with Gasteiger partial charge in [-0.25, -0.2) is 19.6 Å². The van der Waals surface area contributed by atoms with Gasteiger partial charge in [-0.1, -0.05) is 26.2 Å². The van der Waals surface area contributed by atoms with E-state index in [1.54, 1.807) is 0 Å². The van der Waals surface area contributed by atoms with Gasteiger partial charge in [-0.3, -0.25) is 6.08 Å². The van der Waals surface area contributed by atoms with Crippen molar-refractivity contribution in [3.05, 3.63) is 18.6 Å². The number of allylic oxidation sites excluding steroid dienone is 2. The van der Waals surface area contributed by atoms with Gasteiger partial charge in [0.25, 0.3) is 6.18 Å². The molecule has 0 fully saturated rings. The molecule has 2 N–H and O–H groups in total. The summed E-state index contributed by atoms with van der Waals surface area (Å²) in [5.74, 6) is 2.54. The Morgan fingerprint density at radius 1 is 1.40 bits per heavy atom. The average molecular weight is 535 g/mol. The zero-order chi connectivity index (χ0) is 15.3. The second-order valence-corrected chi connectivity index (χ2v) is 5.17. The number of alkyl halides is 3. The van der Waals surface area contributed by atoms with Crippen LogP contribution in [0, 0.1) is 55.4 Å². The fourth-order valence-electron chi connectivity index (χ4n) is 1.46. The Morgan fingerprint density at radius 2 is 1.90 bits per heavy atom. The smallest absolute Gasteiger partial charge is 0.497 e. The van der Waals surface area contributed by atoms with Crippen LogP contribution in [0.1, 0.15) is 33.6 Å². The van der Waals surface area contributed by atoms with E-state index in [1.165, 1.54) is 12.2 Å². The van der Waals surface area contributed by atoms with Crippen LogP contribution in [-0.4, -0.2) is 24.7 Å². The molecule has 118 valence electrons. The van der Waals surface area contributed by atoms with Crippen LogP contribution in [0.2, 0.25) is 0 Å². The normalized spacial score (nSPS) is 14.2. The molecule has 0 saturated carbocycles. The van der Waals surface area contributed by atoms with Crippen LogP contribution >= 0.6 is 11.8 Å². The van der Waals surface area contributed by atoms with Crippen LogP contribution in [-0.2, 0) is 0 Å². The van der Waals surface area contributed by atoms with Gasteiger partial charge in [0.15, 0.2) is 0 Å². The summed E-state index contributed by atoms with van der Waals surface area (Å²) in [6.45, 7) is 6.10. The molecule has 0 saturated heterocycles. The van der Waals surface area contributed by atoms with Crippen molar-refractivity contribution in [3.63, 3.8) is 0 Å². The van der Waals surface area contributed by atoms with Crippen molar-refractivity contribution >= 4 is 11.8 Å². The molecule has 0 aromatic rings. The Hall–Kier alpha value is 0.892. The molecule has 1 nitrogen and oxygen atoms in total. The minimum Gasteiger partial charge on any atom is -0.497 e. The van der Waals surface area contributed by atoms with Crippen molar-refractivity contribution in [3.8, 4) is 0 Å². The van der Waals surface area contributed by atoms with Gasteiger partial charge in [0.2, 0.25) is 0 Å². The first-order valence-corrected chi connectivity index (χ1v) is 7.81. The van der Waals surface area contributed by atoms with E-state index >= 15 is 0 Å². The Balaban J connectivity index is -0.000000352. The van der Waals surface area contributed by atoms with Gasteiger partial charge in [0.05, 0.1) is 0 Å². The third-order valence-electron chi connectivity index (χ3n) is 2.54. The van der Waals surface area contributed by atoms with Gasteiger partial charge in [-0.2, -0.15) is 24.6 Å². The van der Waals surface area contributed by atoms with E-state index in [0.29, 0.717) is 5.92 Å². The Kier molecular flexibility index (Phi) is 21.0. The zero-order valence-corrected chi connectivity index (χ0v) is 17.7. The molecule has 1 unspecified atom stereocenters. The first kappa shape index (κ1) is 25.8. The maximum Gasteiger partial charge on any atom is 2.00 e. The number of hydrogen-bond donors (Lipinski definition) is 1. The summed E-state index contributed by atoms with van der Waals surface area (Å²) in [5.41, 5.74) is 5.50. The second-order valence-electron chi connectivity index (χ2n) is 4.26. The largest absolute Gasteiger partial charge is 2.00 e. The van der Waals surface area contributed by atoms with Crippen molar-refractivity contribution in [1.29, 1.82) is 0 Å². The van der Waals surface area contributed by atoms with Gasteiger partial charge in [-0.05, 0) is 25.0 Å². The maximum atomic E-state index is 10.7. The van der Waals surface area contributed by atoms with Crippen LogP contribution < -0.4 is 5.73 Å². The summed E-state index contributed by atoms with van der Waals surface area (Å²) >= 11 is 1.91. The van der Waals surface area contributed by atoms with Gasteiger partial charge < -0.3 is 11.8 Å². The van der Waals surface area contributed by atoms with E-state index in [2.05, 4.69) is 19.3 Å². The standard InChI is InChI=1S/C11H22NS.C3H4F3.U/c1-4-6-11(7-5-8-12)10(2)9-13-3;1-2-3(4,5)6;/h4,10-11H,5,7-9,12H2,1-3H3;2H,1H3;/q2*-1;+2/t10-,11?;;/m0../s1. The summed E-state index contributed by atoms with van der Waals surface area (Å²) in [7, 11) is 0. The molecule has 0 amide bonds. The van der Waals surface area contributed by atoms with E-state index in [-0.39, 0.29) is 37.5 Å². The second kappa shape index (κ2) is 16.3. The molecule has 0 rings (SSSR count). The third-order valence-corrected chi connectivity index (χ3v) is 3.40. The fourth-order valence-corrected chi connectivity index (χ4v) is 2.22. The Morgan fingerprint density at radius 3 is 2.20 bits per heavy atom. The molecule has 0 bridgehead atoms. The minimum atomic E-state index is -4.08. The van der Waals surface area contributed by atoms with E-state index in [0.717, 1.165) is 25.8 Å². The molecule has 6 heteroatoms. The number of nitrogens with two attached hydrogens (primary N) is 1. The molecule has 0 aromatic carbocycles. The van der Waals surface area contributed by atoms with Crippen LogP contribution in [0.3, 0.4) is 0 Å². The molecule has 0 spiro atoms. The molecule has 0 radical (unpaired) electrons. The summed E-state index contributed by atoms with van der Waals surface area (Å²) in [5, 5.41) is 0. The first-order chi connectivity index (χ1) is 8.82. The molecular formula is C14H26F3NSU. The molecule has 0 aromatic heterocycles. The molecule has 0 aliphatic carbocycles. The Bertz CT molecular complexity index is 223. The fraction of sp³-hybridized carbons (Fsp3) is 0.786. The van der Waals surface area contributed by atoms with E-state index in [1.807, 2.05) is 24.8 Å². The average Bonchev–Trinajstić information content (AvgIpc) is 2.34. The summed E-state index contributed by atoms with van der Waals surface area (Å²) in [4.78, 5) is 0. The van der Waals surface area contributed by atoms with Crippen molar-refractivity contribution < 1.29 is 44.3 Å². The van der Waals surface area contributed by atoms with Crippen molar-refractivity contribution in [2.24, 2.45) is 17.6 Å². The van der Waals surface area contributed by atoms with E-state index < -0.39 is 6.18 Å². The first-order valence-electron chi connectivity index (χ1n) is 6.42.